The molecule has 16 heavy (non-hydrogen) atoms. The van der Waals surface area contributed by atoms with Crippen molar-refractivity contribution in [2.45, 2.75) is 6.92 Å². The zero-order valence-corrected chi connectivity index (χ0v) is 10.0. The fourth-order valence-electron chi connectivity index (χ4n) is 0.974. The maximum atomic E-state index is 11.0. The van der Waals surface area contributed by atoms with Crippen LogP contribution in [0.25, 0.3) is 0 Å². The molecule has 0 saturated heterocycles. The third kappa shape index (κ3) is 3.34. The van der Waals surface area contributed by atoms with E-state index in [1.54, 1.807) is 6.92 Å². The zero-order valence-electron chi connectivity index (χ0n) is 8.51. The number of nitrogens with two attached hydrogens (primary N) is 1. The summed E-state index contributed by atoms with van der Waals surface area (Å²) in [4.78, 5) is 11.0. The maximum Gasteiger partial charge on any atom is 0.384 e. The van der Waals surface area contributed by atoms with E-state index in [2.05, 4.69) is 16.6 Å². The van der Waals surface area contributed by atoms with E-state index < -0.39 is 5.97 Å². The van der Waals surface area contributed by atoms with E-state index in [1.807, 2.05) is 0 Å². The van der Waals surface area contributed by atoms with Gasteiger partial charge in [-0.2, -0.15) is 0 Å². The van der Waals surface area contributed by atoms with Crippen molar-refractivity contribution in [3.63, 3.8) is 0 Å². The highest BCUT2D eigenvalue weighted by Gasteiger charge is 2.04. The number of benzene rings is 1. The molecule has 0 aliphatic heterocycles. The van der Waals surface area contributed by atoms with E-state index in [-0.39, 0.29) is 6.61 Å². The number of carbonyl (C=O) groups is 1. The number of hydrogen-bond donors (Lipinski definition) is 1. The molecule has 0 radical (unpaired) electrons. The largest absolute Gasteiger partial charge is 0.456 e. The molecule has 0 heterocycles. The van der Waals surface area contributed by atoms with Gasteiger partial charge in [0.1, 0.15) is 0 Å². The van der Waals surface area contributed by atoms with Gasteiger partial charge in [0.05, 0.1) is 22.9 Å². The van der Waals surface area contributed by atoms with Crippen LogP contribution < -0.4 is 5.73 Å². The third-order valence-electron chi connectivity index (χ3n) is 1.67. The summed E-state index contributed by atoms with van der Waals surface area (Å²) < 4.78 is 4.64. The third-order valence-corrected chi connectivity index (χ3v) is 2.20. The Morgan fingerprint density at radius 1 is 1.50 bits per heavy atom. The molecule has 1 aromatic carbocycles. The Balaban J connectivity index is 3.01. The lowest BCUT2D eigenvalue weighted by molar-refractivity contribution is -0.136. The number of esters is 1. The van der Waals surface area contributed by atoms with Crippen LogP contribution in [0.5, 0.6) is 0 Å². The van der Waals surface area contributed by atoms with Crippen molar-refractivity contribution < 1.29 is 9.53 Å². The Labute approximate surface area is 103 Å². The standard InChI is InChI=1S/C11H9Cl2NO2/c1-2-16-10(15)4-3-7-5-8(12)6-9(13)11(7)14/h5-6H,2,14H2,1H3. The number of carbonyl (C=O) groups excluding carboxylic acids is 1. The first-order valence-corrected chi connectivity index (χ1v) is 5.23. The van der Waals surface area contributed by atoms with Crippen LogP contribution >= 0.6 is 23.2 Å². The van der Waals surface area contributed by atoms with Crippen LogP contribution in [-0.2, 0) is 9.53 Å². The van der Waals surface area contributed by atoms with E-state index in [0.29, 0.717) is 21.3 Å². The van der Waals surface area contributed by atoms with Crippen LogP contribution in [0.15, 0.2) is 12.1 Å². The molecule has 0 aliphatic rings. The Kier molecular flexibility index (Phi) is 4.48. The van der Waals surface area contributed by atoms with Gasteiger partial charge in [0.15, 0.2) is 0 Å². The van der Waals surface area contributed by atoms with Crippen LogP contribution in [0.1, 0.15) is 12.5 Å². The molecule has 84 valence electrons. The molecule has 0 fully saturated rings. The van der Waals surface area contributed by atoms with Gasteiger partial charge in [0, 0.05) is 10.9 Å². The molecular weight excluding hydrogens is 249 g/mol. The SMILES string of the molecule is CCOC(=O)C#Cc1cc(Cl)cc(Cl)c1N. The Morgan fingerprint density at radius 2 is 2.19 bits per heavy atom. The number of nitrogen functional groups attached to an aromatic ring is 1. The fourth-order valence-corrected chi connectivity index (χ4v) is 1.47. The molecule has 0 atom stereocenters. The van der Waals surface area contributed by atoms with Gasteiger partial charge in [-0.25, -0.2) is 4.79 Å². The Hall–Kier alpha value is -1.37. The molecule has 0 aromatic heterocycles. The lowest BCUT2D eigenvalue weighted by Gasteiger charge is -2.01. The van der Waals surface area contributed by atoms with Crippen molar-refractivity contribution in [1.82, 2.24) is 0 Å². The van der Waals surface area contributed by atoms with Crippen molar-refractivity contribution in [1.29, 1.82) is 0 Å². The fraction of sp³-hybridized carbons (Fsp3) is 0.182. The first kappa shape index (κ1) is 12.7. The molecule has 0 aliphatic carbocycles. The summed E-state index contributed by atoms with van der Waals surface area (Å²) in [6.45, 7) is 1.98. The Morgan fingerprint density at radius 3 is 2.81 bits per heavy atom. The predicted molar refractivity (Wildman–Crippen MR) is 64.4 cm³/mol. The van der Waals surface area contributed by atoms with Gasteiger partial charge in [0.25, 0.3) is 0 Å². The quantitative estimate of drug-likeness (QED) is 0.478. The number of rotatable bonds is 1. The van der Waals surface area contributed by atoms with Gasteiger partial charge >= 0.3 is 5.97 Å². The highest BCUT2D eigenvalue weighted by Crippen LogP contribution is 2.26. The van der Waals surface area contributed by atoms with Crippen LogP contribution in [0, 0.1) is 11.8 Å². The number of ether oxygens (including phenoxy) is 1. The van der Waals surface area contributed by atoms with E-state index in [0.717, 1.165) is 0 Å². The second kappa shape index (κ2) is 5.64. The van der Waals surface area contributed by atoms with Crippen LogP contribution in [-0.4, -0.2) is 12.6 Å². The summed E-state index contributed by atoms with van der Waals surface area (Å²) in [6, 6.07) is 3.04. The maximum absolute atomic E-state index is 11.0. The summed E-state index contributed by atoms with van der Waals surface area (Å²) in [6.07, 6.45) is 0. The molecule has 0 saturated carbocycles. The molecule has 1 aromatic rings. The number of anilines is 1. The number of halogens is 2. The average molecular weight is 258 g/mol. The van der Waals surface area contributed by atoms with Crippen molar-refractivity contribution in [3.8, 4) is 11.8 Å². The van der Waals surface area contributed by atoms with E-state index >= 15 is 0 Å². The highest BCUT2D eigenvalue weighted by molar-refractivity contribution is 6.36. The lowest BCUT2D eigenvalue weighted by Crippen LogP contribution is -2.00. The van der Waals surface area contributed by atoms with Crippen molar-refractivity contribution in [2.24, 2.45) is 0 Å². The zero-order chi connectivity index (χ0) is 12.1. The number of hydrogen-bond acceptors (Lipinski definition) is 3. The minimum absolute atomic E-state index is 0.277. The van der Waals surface area contributed by atoms with Crippen LogP contribution in [0.4, 0.5) is 5.69 Å². The van der Waals surface area contributed by atoms with Crippen LogP contribution in [0.2, 0.25) is 10.0 Å². The van der Waals surface area contributed by atoms with Gasteiger partial charge in [-0.15, -0.1) is 0 Å². The van der Waals surface area contributed by atoms with Gasteiger partial charge in [0.2, 0.25) is 0 Å². The summed E-state index contributed by atoms with van der Waals surface area (Å²) in [5, 5.41) is 0.716. The average Bonchev–Trinajstić information content (AvgIpc) is 2.21. The van der Waals surface area contributed by atoms with E-state index in [9.17, 15) is 4.79 Å². The molecule has 1 rings (SSSR count). The van der Waals surface area contributed by atoms with Crippen molar-refractivity contribution >= 4 is 34.9 Å². The first-order chi connectivity index (χ1) is 7.54. The first-order valence-electron chi connectivity index (χ1n) is 4.48. The minimum atomic E-state index is -0.613. The molecule has 2 N–H and O–H groups in total. The molecule has 0 amide bonds. The smallest absolute Gasteiger partial charge is 0.384 e. The molecule has 5 heteroatoms. The second-order valence-electron chi connectivity index (χ2n) is 2.82. The summed E-state index contributed by atoms with van der Waals surface area (Å²) in [7, 11) is 0. The van der Waals surface area contributed by atoms with Gasteiger partial charge in [-0.3, -0.25) is 0 Å². The molecular formula is C11H9Cl2NO2. The predicted octanol–water partition coefficient (Wildman–Crippen LogP) is 2.49. The van der Waals surface area contributed by atoms with E-state index in [1.165, 1.54) is 12.1 Å². The summed E-state index contributed by atoms with van der Waals surface area (Å²) >= 11 is 11.6. The monoisotopic (exact) mass is 257 g/mol. The minimum Gasteiger partial charge on any atom is -0.456 e. The summed E-state index contributed by atoms with van der Waals surface area (Å²) in [5.41, 5.74) is 6.37. The van der Waals surface area contributed by atoms with Gasteiger partial charge < -0.3 is 10.5 Å². The van der Waals surface area contributed by atoms with Crippen molar-refractivity contribution in [3.05, 3.63) is 27.7 Å². The van der Waals surface area contributed by atoms with Gasteiger partial charge in [-0.1, -0.05) is 29.1 Å². The lowest BCUT2D eigenvalue weighted by atomic mass is 10.2. The highest BCUT2D eigenvalue weighted by atomic mass is 35.5. The Bertz CT molecular complexity index is 475. The van der Waals surface area contributed by atoms with Gasteiger partial charge in [-0.05, 0) is 19.1 Å². The molecule has 3 nitrogen and oxygen atoms in total. The molecule has 0 unspecified atom stereocenters. The molecule has 0 spiro atoms. The summed E-state index contributed by atoms with van der Waals surface area (Å²) in [5.74, 6) is 4.23. The second-order valence-corrected chi connectivity index (χ2v) is 3.66. The van der Waals surface area contributed by atoms with E-state index in [4.69, 9.17) is 28.9 Å². The normalized spacial score (nSPS) is 9.19. The van der Waals surface area contributed by atoms with Crippen LogP contribution in [0.3, 0.4) is 0 Å². The van der Waals surface area contributed by atoms with Crippen molar-refractivity contribution in [2.75, 3.05) is 12.3 Å². The topological polar surface area (TPSA) is 52.3 Å². The molecule has 0 bridgehead atoms.